The highest BCUT2D eigenvalue weighted by Crippen LogP contribution is 2.11. The van der Waals surface area contributed by atoms with Gasteiger partial charge in [-0.3, -0.25) is 4.90 Å². The summed E-state index contributed by atoms with van der Waals surface area (Å²) in [6.07, 6.45) is -1.59. The van der Waals surface area contributed by atoms with Crippen molar-refractivity contribution in [3.63, 3.8) is 0 Å². The van der Waals surface area contributed by atoms with Crippen LogP contribution < -0.4 is 0 Å². The molecule has 0 amide bonds. The van der Waals surface area contributed by atoms with Gasteiger partial charge < -0.3 is 15.3 Å². The van der Waals surface area contributed by atoms with E-state index in [0.717, 1.165) is 13.0 Å². The monoisotopic (exact) mass is 175 g/mol. The number of β-amino-alcohol motifs (C(OH)–C–C–N with tert-alkyl or cyclic N) is 2. The molecule has 72 valence electrons. The molecule has 0 aromatic carbocycles. The number of nitrogens with zero attached hydrogens (tertiary/aromatic N) is 1. The molecule has 0 saturated carbocycles. The molecule has 0 aromatic rings. The number of hydrogen-bond acceptors (Lipinski definition) is 4. The van der Waals surface area contributed by atoms with E-state index < -0.39 is 18.3 Å². The molecular weight excluding hydrogens is 158 g/mol. The molecule has 4 nitrogen and oxygen atoms in total. The lowest BCUT2D eigenvalue weighted by atomic mass is 10.0. The Labute approximate surface area is 72.4 Å². The van der Waals surface area contributed by atoms with Crippen LogP contribution in [0.4, 0.5) is 0 Å². The van der Waals surface area contributed by atoms with Crippen LogP contribution in [-0.2, 0) is 0 Å². The molecule has 1 rings (SSSR count). The number of aliphatic hydroxyl groups is 3. The van der Waals surface area contributed by atoms with Gasteiger partial charge in [0, 0.05) is 13.1 Å². The van der Waals surface area contributed by atoms with Crippen molar-refractivity contribution >= 4 is 0 Å². The molecule has 4 heteroatoms. The van der Waals surface area contributed by atoms with Gasteiger partial charge in [0.2, 0.25) is 0 Å². The predicted molar refractivity (Wildman–Crippen MR) is 44.8 cm³/mol. The topological polar surface area (TPSA) is 63.9 Å². The summed E-state index contributed by atoms with van der Waals surface area (Å²) in [5.74, 6) is 0. The second kappa shape index (κ2) is 4.18. The highest BCUT2D eigenvalue weighted by Gasteiger charge is 2.32. The largest absolute Gasteiger partial charge is 0.389 e. The van der Waals surface area contributed by atoms with Gasteiger partial charge in [-0.2, -0.15) is 0 Å². The van der Waals surface area contributed by atoms with Crippen LogP contribution in [0.5, 0.6) is 0 Å². The third-order valence-corrected chi connectivity index (χ3v) is 2.22. The zero-order valence-corrected chi connectivity index (χ0v) is 7.35. The van der Waals surface area contributed by atoms with E-state index in [4.69, 9.17) is 0 Å². The summed E-state index contributed by atoms with van der Waals surface area (Å²) in [4.78, 5) is 1.96. The number of piperidine rings is 1. The highest BCUT2D eigenvalue weighted by atomic mass is 16.4. The Balaban J connectivity index is 2.42. The minimum Gasteiger partial charge on any atom is -0.389 e. The number of aliphatic hydroxyl groups excluding tert-OH is 3. The van der Waals surface area contributed by atoms with Crippen molar-refractivity contribution in [2.45, 2.75) is 31.7 Å². The maximum atomic E-state index is 9.29. The maximum absolute atomic E-state index is 9.29. The van der Waals surface area contributed by atoms with E-state index in [2.05, 4.69) is 0 Å². The lowest BCUT2D eigenvalue weighted by molar-refractivity contribution is -0.109. The van der Waals surface area contributed by atoms with Crippen LogP contribution in [0.3, 0.4) is 0 Å². The molecule has 1 fully saturated rings. The molecule has 0 aliphatic carbocycles. The average Bonchev–Trinajstić information content (AvgIpc) is 2.01. The van der Waals surface area contributed by atoms with Gasteiger partial charge in [0.25, 0.3) is 0 Å². The summed E-state index contributed by atoms with van der Waals surface area (Å²) in [5.41, 5.74) is 0. The Morgan fingerprint density at radius 3 is 2.08 bits per heavy atom. The van der Waals surface area contributed by atoms with E-state index in [1.54, 1.807) is 0 Å². The fraction of sp³-hybridized carbons (Fsp3) is 1.00. The standard InChI is InChI=1S/C8H17NO3/c1-2-3-9-4-6(10)8(12)7(11)5-9/h6-8,10-12H,2-5H2,1H3/t6-,7?,8?/m0/s1. The first-order chi connectivity index (χ1) is 5.65. The Bertz CT molecular complexity index is 130. The number of rotatable bonds is 2. The fourth-order valence-electron chi connectivity index (χ4n) is 1.57. The second-order valence-electron chi connectivity index (χ2n) is 3.38. The molecule has 12 heavy (non-hydrogen) atoms. The van der Waals surface area contributed by atoms with E-state index >= 15 is 0 Å². The summed E-state index contributed by atoms with van der Waals surface area (Å²) in [5, 5.41) is 27.8. The van der Waals surface area contributed by atoms with Gasteiger partial charge in [-0.05, 0) is 13.0 Å². The van der Waals surface area contributed by atoms with Crippen LogP contribution in [0, 0.1) is 0 Å². The Kier molecular flexibility index (Phi) is 3.46. The van der Waals surface area contributed by atoms with Crippen molar-refractivity contribution in [2.75, 3.05) is 19.6 Å². The number of hydrogen-bond donors (Lipinski definition) is 3. The molecule has 3 N–H and O–H groups in total. The van der Waals surface area contributed by atoms with Gasteiger partial charge >= 0.3 is 0 Å². The van der Waals surface area contributed by atoms with Gasteiger partial charge in [-0.25, -0.2) is 0 Å². The molecule has 0 bridgehead atoms. The molecule has 1 aliphatic rings. The molecule has 0 aromatic heterocycles. The highest BCUT2D eigenvalue weighted by molar-refractivity contribution is 4.85. The quantitative estimate of drug-likeness (QED) is 0.493. The van der Waals surface area contributed by atoms with Crippen molar-refractivity contribution in [2.24, 2.45) is 0 Å². The smallest absolute Gasteiger partial charge is 0.108 e. The van der Waals surface area contributed by atoms with Crippen molar-refractivity contribution in [1.82, 2.24) is 4.90 Å². The maximum Gasteiger partial charge on any atom is 0.108 e. The van der Waals surface area contributed by atoms with E-state index in [1.807, 2.05) is 11.8 Å². The van der Waals surface area contributed by atoms with E-state index in [1.165, 1.54) is 0 Å². The molecule has 3 atom stereocenters. The third-order valence-electron chi connectivity index (χ3n) is 2.22. The molecular formula is C8H17NO3. The molecule has 1 saturated heterocycles. The minimum absolute atomic E-state index is 0.464. The fourth-order valence-corrected chi connectivity index (χ4v) is 1.57. The van der Waals surface area contributed by atoms with Crippen LogP contribution in [0.25, 0.3) is 0 Å². The number of likely N-dealkylation sites (tertiary alicyclic amines) is 1. The summed E-state index contributed by atoms with van der Waals surface area (Å²) < 4.78 is 0. The third kappa shape index (κ3) is 2.17. The normalized spacial score (nSPS) is 38.5. The van der Waals surface area contributed by atoms with Gasteiger partial charge in [0.05, 0.1) is 12.2 Å². The van der Waals surface area contributed by atoms with Crippen molar-refractivity contribution in [1.29, 1.82) is 0 Å². The Morgan fingerprint density at radius 1 is 1.17 bits per heavy atom. The van der Waals surface area contributed by atoms with Gasteiger partial charge in [0.1, 0.15) is 6.10 Å². The summed E-state index contributed by atoms with van der Waals surface area (Å²) >= 11 is 0. The average molecular weight is 175 g/mol. The minimum atomic E-state index is -0.974. The predicted octanol–water partition coefficient (Wildman–Crippen LogP) is -1.21. The van der Waals surface area contributed by atoms with Crippen LogP contribution >= 0.6 is 0 Å². The van der Waals surface area contributed by atoms with Crippen LogP contribution in [0.15, 0.2) is 0 Å². The first-order valence-corrected chi connectivity index (χ1v) is 4.41. The van der Waals surface area contributed by atoms with Gasteiger partial charge in [0.15, 0.2) is 0 Å². The van der Waals surface area contributed by atoms with Crippen molar-refractivity contribution < 1.29 is 15.3 Å². The summed E-state index contributed by atoms with van der Waals surface area (Å²) in [6, 6.07) is 0. The molecule has 1 aliphatic heterocycles. The Hall–Kier alpha value is -0.160. The lowest BCUT2D eigenvalue weighted by Crippen LogP contribution is -2.55. The molecule has 1 heterocycles. The van der Waals surface area contributed by atoms with Crippen molar-refractivity contribution in [3.05, 3.63) is 0 Å². The van der Waals surface area contributed by atoms with Crippen LogP contribution in [-0.4, -0.2) is 58.2 Å². The van der Waals surface area contributed by atoms with E-state index in [9.17, 15) is 15.3 Å². The summed E-state index contributed by atoms with van der Waals surface area (Å²) in [6.45, 7) is 3.84. The zero-order chi connectivity index (χ0) is 9.14. The SMILES string of the molecule is CCCN1CC(O)C(O)[C@@H](O)C1. The van der Waals surface area contributed by atoms with Gasteiger partial charge in [-0.15, -0.1) is 0 Å². The first-order valence-electron chi connectivity index (χ1n) is 4.41. The van der Waals surface area contributed by atoms with Gasteiger partial charge in [-0.1, -0.05) is 6.92 Å². The molecule has 0 radical (unpaired) electrons. The van der Waals surface area contributed by atoms with Crippen molar-refractivity contribution in [3.8, 4) is 0 Å². The molecule has 2 unspecified atom stereocenters. The zero-order valence-electron chi connectivity index (χ0n) is 7.35. The second-order valence-corrected chi connectivity index (χ2v) is 3.38. The first kappa shape index (κ1) is 9.92. The molecule has 0 spiro atoms. The van der Waals surface area contributed by atoms with Crippen LogP contribution in [0.2, 0.25) is 0 Å². The van der Waals surface area contributed by atoms with E-state index in [0.29, 0.717) is 13.1 Å². The van der Waals surface area contributed by atoms with E-state index in [-0.39, 0.29) is 0 Å². The summed E-state index contributed by atoms with van der Waals surface area (Å²) in [7, 11) is 0. The van der Waals surface area contributed by atoms with Crippen LogP contribution in [0.1, 0.15) is 13.3 Å². The lowest BCUT2D eigenvalue weighted by Gasteiger charge is -2.36. The Morgan fingerprint density at radius 2 is 1.67 bits per heavy atom.